The van der Waals surface area contributed by atoms with Crippen molar-refractivity contribution in [3.05, 3.63) is 52.4 Å². The molecule has 0 N–H and O–H groups in total. The maximum absolute atomic E-state index is 4.44. The summed E-state index contributed by atoms with van der Waals surface area (Å²) < 4.78 is 0. The van der Waals surface area contributed by atoms with Gasteiger partial charge in [-0.05, 0) is 71.6 Å². The predicted octanol–water partition coefficient (Wildman–Crippen LogP) is 6.44. The first-order valence-corrected chi connectivity index (χ1v) is 9.87. The molecule has 0 nitrogen and oxygen atoms in total. The normalized spacial score (nSPS) is 16.2. The number of aryl methyl sites for hydroxylation is 2. The van der Waals surface area contributed by atoms with Crippen molar-refractivity contribution in [2.45, 2.75) is 46.5 Å². The highest BCUT2D eigenvalue weighted by Crippen LogP contribution is 2.47. The summed E-state index contributed by atoms with van der Waals surface area (Å²) in [6.07, 6.45) is 4.69. The SMILES string of the molecule is C=C(C)c1c(-c2ccccc2CCS)sc2c1CC(C)(C)CC2. The lowest BCUT2D eigenvalue weighted by atomic mass is 9.75. The molecule has 23 heavy (non-hydrogen) atoms. The molecule has 0 spiro atoms. The fourth-order valence-corrected chi connectivity index (χ4v) is 5.34. The molecule has 1 heterocycles. The van der Waals surface area contributed by atoms with Crippen molar-refractivity contribution in [3.8, 4) is 10.4 Å². The molecule has 0 saturated carbocycles. The first-order chi connectivity index (χ1) is 10.9. The van der Waals surface area contributed by atoms with E-state index in [9.17, 15) is 0 Å². The van der Waals surface area contributed by atoms with Crippen molar-refractivity contribution < 1.29 is 0 Å². The van der Waals surface area contributed by atoms with Gasteiger partial charge in [0.25, 0.3) is 0 Å². The standard InChI is InChI=1S/C21H26S2/c1-14(2)19-17-13-21(3,4)11-9-18(17)23-20(19)16-8-6-5-7-15(16)10-12-22/h5-8,22H,1,9-13H2,2-4H3. The number of thiol groups is 1. The minimum atomic E-state index is 0.403. The van der Waals surface area contributed by atoms with Crippen LogP contribution in [0.15, 0.2) is 30.8 Å². The number of allylic oxidation sites excluding steroid dienone is 1. The Morgan fingerprint density at radius 1 is 1.30 bits per heavy atom. The summed E-state index contributed by atoms with van der Waals surface area (Å²) in [4.78, 5) is 3.01. The molecule has 0 saturated heterocycles. The zero-order valence-electron chi connectivity index (χ0n) is 14.4. The second kappa shape index (κ2) is 6.49. The Hall–Kier alpha value is -0.990. The van der Waals surface area contributed by atoms with Crippen LogP contribution in [0.1, 0.15) is 48.8 Å². The first kappa shape index (κ1) is 16.9. The van der Waals surface area contributed by atoms with Crippen LogP contribution in [0.25, 0.3) is 16.0 Å². The summed E-state index contributed by atoms with van der Waals surface area (Å²) in [5.74, 6) is 0.886. The molecule has 1 aliphatic carbocycles. The van der Waals surface area contributed by atoms with E-state index in [0.29, 0.717) is 5.41 Å². The summed E-state index contributed by atoms with van der Waals surface area (Å²) in [5, 5.41) is 0. The van der Waals surface area contributed by atoms with E-state index in [2.05, 4.69) is 64.2 Å². The number of benzene rings is 1. The van der Waals surface area contributed by atoms with Gasteiger partial charge in [0.15, 0.2) is 0 Å². The van der Waals surface area contributed by atoms with Crippen molar-refractivity contribution in [1.29, 1.82) is 0 Å². The highest BCUT2D eigenvalue weighted by Gasteiger charge is 2.31. The highest BCUT2D eigenvalue weighted by molar-refractivity contribution is 7.80. The number of thiophene rings is 1. The van der Waals surface area contributed by atoms with Gasteiger partial charge in [0.1, 0.15) is 0 Å². The second-order valence-electron chi connectivity index (χ2n) is 7.46. The molecule has 1 aromatic carbocycles. The van der Waals surface area contributed by atoms with Gasteiger partial charge in [-0.3, -0.25) is 0 Å². The van der Waals surface area contributed by atoms with Crippen LogP contribution in [0.5, 0.6) is 0 Å². The van der Waals surface area contributed by atoms with Crippen LogP contribution in [-0.2, 0) is 19.3 Å². The number of fused-ring (bicyclic) bond motifs is 1. The van der Waals surface area contributed by atoms with Gasteiger partial charge in [-0.1, -0.05) is 44.7 Å². The minimum Gasteiger partial charge on any atom is -0.179 e. The monoisotopic (exact) mass is 342 g/mol. The molecule has 0 fully saturated rings. The lowest BCUT2D eigenvalue weighted by molar-refractivity contribution is 0.317. The Morgan fingerprint density at radius 2 is 2.04 bits per heavy atom. The molecular weight excluding hydrogens is 316 g/mol. The van der Waals surface area contributed by atoms with Crippen molar-refractivity contribution in [3.63, 3.8) is 0 Å². The van der Waals surface area contributed by atoms with Crippen LogP contribution in [0.4, 0.5) is 0 Å². The zero-order chi connectivity index (χ0) is 16.6. The molecule has 0 radical (unpaired) electrons. The molecular formula is C21H26S2. The molecule has 3 rings (SSSR count). The van der Waals surface area contributed by atoms with Crippen LogP contribution >= 0.6 is 24.0 Å². The second-order valence-corrected chi connectivity index (χ2v) is 9.01. The Bertz CT molecular complexity index is 734. The summed E-state index contributed by atoms with van der Waals surface area (Å²) in [6, 6.07) is 8.81. The van der Waals surface area contributed by atoms with E-state index in [1.54, 1.807) is 10.4 Å². The summed E-state index contributed by atoms with van der Waals surface area (Å²) in [5.41, 5.74) is 7.38. The summed E-state index contributed by atoms with van der Waals surface area (Å²) >= 11 is 6.44. The van der Waals surface area contributed by atoms with E-state index < -0.39 is 0 Å². The van der Waals surface area contributed by atoms with E-state index in [4.69, 9.17) is 0 Å². The van der Waals surface area contributed by atoms with E-state index in [1.807, 2.05) is 11.3 Å². The molecule has 0 bridgehead atoms. The van der Waals surface area contributed by atoms with Gasteiger partial charge in [0, 0.05) is 9.75 Å². The molecule has 122 valence electrons. The van der Waals surface area contributed by atoms with Crippen LogP contribution in [0.3, 0.4) is 0 Å². The van der Waals surface area contributed by atoms with Gasteiger partial charge in [-0.25, -0.2) is 0 Å². The summed E-state index contributed by atoms with van der Waals surface area (Å²) in [7, 11) is 0. The van der Waals surface area contributed by atoms with E-state index in [0.717, 1.165) is 12.2 Å². The summed E-state index contributed by atoms with van der Waals surface area (Å²) in [6.45, 7) is 11.3. The molecule has 0 amide bonds. The van der Waals surface area contributed by atoms with Crippen molar-refractivity contribution >= 4 is 29.5 Å². The largest absolute Gasteiger partial charge is 0.179 e. The average Bonchev–Trinajstić information content (AvgIpc) is 2.85. The zero-order valence-corrected chi connectivity index (χ0v) is 16.1. The number of hydrogen-bond acceptors (Lipinski definition) is 2. The van der Waals surface area contributed by atoms with Crippen molar-refractivity contribution in [2.24, 2.45) is 5.41 Å². The first-order valence-electron chi connectivity index (χ1n) is 8.42. The molecule has 1 aromatic heterocycles. The Labute approximate surface area is 150 Å². The van der Waals surface area contributed by atoms with Crippen LogP contribution < -0.4 is 0 Å². The quantitative estimate of drug-likeness (QED) is 0.608. The average molecular weight is 343 g/mol. The van der Waals surface area contributed by atoms with Crippen LogP contribution in [0, 0.1) is 5.41 Å². The Balaban J connectivity index is 2.18. The maximum Gasteiger partial charge on any atom is 0.0426 e. The minimum absolute atomic E-state index is 0.403. The van der Waals surface area contributed by atoms with Crippen LogP contribution in [0.2, 0.25) is 0 Å². The fourth-order valence-electron chi connectivity index (χ4n) is 3.64. The third-order valence-corrected chi connectivity index (χ3v) is 6.39. The van der Waals surface area contributed by atoms with Crippen molar-refractivity contribution in [2.75, 3.05) is 5.75 Å². The van der Waals surface area contributed by atoms with E-state index in [-0.39, 0.29) is 0 Å². The lowest BCUT2D eigenvalue weighted by Gasteiger charge is -2.30. The van der Waals surface area contributed by atoms with Gasteiger partial charge in [-0.15, -0.1) is 11.3 Å². The number of rotatable bonds is 4. The lowest BCUT2D eigenvalue weighted by Crippen LogP contribution is -2.21. The van der Waals surface area contributed by atoms with Crippen LogP contribution in [-0.4, -0.2) is 5.75 Å². The van der Waals surface area contributed by atoms with Gasteiger partial charge >= 0.3 is 0 Å². The highest BCUT2D eigenvalue weighted by atomic mass is 32.1. The third kappa shape index (κ3) is 3.29. The van der Waals surface area contributed by atoms with E-state index >= 15 is 0 Å². The Morgan fingerprint density at radius 3 is 2.74 bits per heavy atom. The van der Waals surface area contributed by atoms with Gasteiger partial charge in [0.2, 0.25) is 0 Å². The van der Waals surface area contributed by atoms with Gasteiger partial charge in [-0.2, -0.15) is 12.6 Å². The fraction of sp³-hybridized carbons (Fsp3) is 0.429. The Kier molecular flexibility index (Phi) is 4.75. The smallest absolute Gasteiger partial charge is 0.0426 e. The van der Waals surface area contributed by atoms with E-state index in [1.165, 1.54) is 46.4 Å². The molecule has 0 unspecified atom stereocenters. The van der Waals surface area contributed by atoms with Crippen molar-refractivity contribution in [1.82, 2.24) is 0 Å². The van der Waals surface area contributed by atoms with Gasteiger partial charge < -0.3 is 0 Å². The topological polar surface area (TPSA) is 0 Å². The predicted molar refractivity (Wildman–Crippen MR) is 108 cm³/mol. The molecule has 2 heteroatoms. The molecule has 2 aromatic rings. The van der Waals surface area contributed by atoms with Gasteiger partial charge in [0.05, 0.1) is 0 Å². The molecule has 0 aliphatic heterocycles. The maximum atomic E-state index is 4.44. The number of hydrogen-bond donors (Lipinski definition) is 1. The molecule has 0 atom stereocenters. The molecule has 1 aliphatic rings. The third-order valence-electron chi connectivity index (χ3n) is 4.84.